The summed E-state index contributed by atoms with van der Waals surface area (Å²) in [5.41, 5.74) is 17.9. The number of methoxy groups -OCH3 is 1. The van der Waals surface area contributed by atoms with E-state index in [1.165, 1.54) is 83.3 Å². The highest BCUT2D eigenvalue weighted by Crippen LogP contribution is 2.37. The van der Waals surface area contributed by atoms with E-state index in [9.17, 15) is 0 Å². The molecule has 0 saturated heterocycles. The maximum atomic E-state index is 5.38. The Morgan fingerprint density at radius 2 is 1.02 bits per heavy atom. The predicted octanol–water partition coefficient (Wildman–Crippen LogP) is 16.8. The van der Waals surface area contributed by atoms with Crippen molar-refractivity contribution in [1.29, 1.82) is 0 Å². The van der Waals surface area contributed by atoms with Crippen LogP contribution >= 0.6 is 0 Å². The summed E-state index contributed by atoms with van der Waals surface area (Å²) in [6, 6.07) is 68.6. The minimum Gasteiger partial charge on any atom is -0.497 e. The number of benzene rings is 8. The molecule has 0 spiro atoms. The number of ether oxygens (including phenoxy) is 1. The normalized spacial score (nSPS) is 12.7. The average molecular weight is 851 g/mol. The van der Waals surface area contributed by atoms with Crippen LogP contribution in [0.3, 0.4) is 0 Å². The highest BCUT2D eigenvalue weighted by atomic mass is 16.5. The Morgan fingerprint density at radius 3 is 1.63 bits per heavy atom. The van der Waals surface area contributed by atoms with Gasteiger partial charge in [0, 0.05) is 27.8 Å². The zero-order valence-corrected chi connectivity index (χ0v) is 39.3. The van der Waals surface area contributed by atoms with Crippen molar-refractivity contribution in [1.82, 2.24) is 4.57 Å². The van der Waals surface area contributed by atoms with Gasteiger partial charge >= 0.3 is 0 Å². The molecule has 8 aromatic carbocycles. The smallest absolute Gasteiger partial charge is 0.119 e. The lowest BCUT2D eigenvalue weighted by atomic mass is 9.95. The first-order valence-corrected chi connectivity index (χ1v) is 22.6. The van der Waals surface area contributed by atoms with E-state index in [0.717, 1.165) is 17.9 Å². The molecule has 1 aromatic heterocycles. The fourth-order valence-electron chi connectivity index (χ4n) is 8.22. The van der Waals surface area contributed by atoms with Gasteiger partial charge < -0.3 is 14.2 Å². The van der Waals surface area contributed by atoms with Crippen LogP contribution in [0.25, 0.3) is 38.6 Å². The van der Waals surface area contributed by atoms with E-state index in [1.54, 1.807) is 7.11 Å². The Morgan fingerprint density at radius 1 is 0.462 bits per heavy atom. The number of aryl methyl sites for hydroxylation is 6. The molecule has 1 heterocycles. The van der Waals surface area contributed by atoms with E-state index >= 15 is 0 Å². The lowest BCUT2D eigenvalue weighted by Gasteiger charge is -2.33. The first kappa shape index (κ1) is 45.7. The Labute approximate surface area is 387 Å². The van der Waals surface area contributed by atoms with Crippen molar-refractivity contribution in [2.75, 3.05) is 12.0 Å². The van der Waals surface area contributed by atoms with Gasteiger partial charge in [0.1, 0.15) is 5.75 Å². The van der Waals surface area contributed by atoms with Gasteiger partial charge in [0.25, 0.3) is 0 Å². The zero-order valence-electron chi connectivity index (χ0n) is 39.3. The van der Waals surface area contributed by atoms with Crippen LogP contribution in [0, 0.1) is 41.5 Å². The van der Waals surface area contributed by atoms with Crippen LogP contribution in [0.5, 0.6) is 5.75 Å². The first-order valence-electron chi connectivity index (χ1n) is 22.6. The third-order valence-electron chi connectivity index (χ3n) is 11.9. The fourth-order valence-corrected chi connectivity index (χ4v) is 8.22. The van der Waals surface area contributed by atoms with Crippen molar-refractivity contribution in [3.05, 3.63) is 251 Å². The lowest BCUT2D eigenvalue weighted by Crippen LogP contribution is -2.30. The van der Waals surface area contributed by atoms with E-state index in [1.807, 2.05) is 30.3 Å². The van der Waals surface area contributed by atoms with E-state index in [-0.39, 0.29) is 6.04 Å². The summed E-state index contributed by atoms with van der Waals surface area (Å²) in [4.78, 5) is 2.43. The summed E-state index contributed by atoms with van der Waals surface area (Å²) in [5.74, 6) is 0.873. The minimum absolute atomic E-state index is 0.273. The maximum Gasteiger partial charge on any atom is 0.119 e. The molecule has 3 heteroatoms. The number of fused-ring (bicyclic) bond motifs is 3. The number of para-hydroxylation sites is 2. The van der Waals surface area contributed by atoms with Gasteiger partial charge in [0.2, 0.25) is 0 Å². The zero-order chi connectivity index (χ0) is 45.7. The number of hydrogen-bond acceptors (Lipinski definition) is 2. The van der Waals surface area contributed by atoms with Crippen molar-refractivity contribution in [3.8, 4) is 22.6 Å². The third kappa shape index (κ3) is 11.6. The van der Waals surface area contributed by atoms with Crippen LogP contribution in [0.4, 0.5) is 11.4 Å². The predicted molar refractivity (Wildman–Crippen MR) is 280 cm³/mol. The van der Waals surface area contributed by atoms with Gasteiger partial charge in [0.15, 0.2) is 0 Å². The topological polar surface area (TPSA) is 17.4 Å². The summed E-state index contributed by atoms with van der Waals surface area (Å²) in [5, 5.41) is 2.64. The number of hydrogen-bond donors (Lipinski definition) is 0. The van der Waals surface area contributed by atoms with Gasteiger partial charge in [-0.15, -0.1) is 0 Å². The van der Waals surface area contributed by atoms with Gasteiger partial charge in [-0.3, -0.25) is 0 Å². The lowest BCUT2D eigenvalue weighted by molar-refractivity contribution is 0.415. The summed E-state index contributed by atoms with van der Waals surface area (Å²) < 4.78 is 7.72. The van der Waals surface area contributed by atoms with E-state index < -0.39 is 0 Å². The van der Waals surface area contributed by atoms with E-state index in [2.05, 4.69) is 240 Å². The molecule has 0 fully saturated rings. The average Bonchev–Trinajstić information content (AvgIpc) is 3.66. The molecule has 3 nitrogen and oxygen atoms in total. The van der Waals surface area contributed by atoms with Gasteiger partial charge in [-0.1, -0.05) is 173 Å². The highest BCUT2D eigenvalue weighted by molar-refractivity contribution is 6.09. The van der Waals surface area contributed by atoms with Crippen LogP contribution in [0.2, 0.25) is 0 Å². The van der Waals surface area contributed by atoms with Crippen LogP contribution in [0.1, 0.15) is 46.7 Å². The molecule has 0 radical (unpaired) electrons. The molecule has 9 aromatic rings. The third-order valence-corrected chi connectivity index (χ3v) is 11.9. The molecule has 0 amide bonds. The summed E-state index contributed by atoms with van der Waals surface area (Å²) in [7, 11) is 1.71. The second-order valence-corrected chi connectivity index (χ2v) is 17.0. The second kappa shape index (κ2) is 21.8. The molecule has 65 heavy (non-hydrogen) atoms. The van der Waals surface area contributed by atoms with Gasteiger partial charge in [0.05, 0.1) is 24.2 Å². The molecular weight excluding hydrogens is 789 g/mol. The number of nitrogens with zero attached hydrogens (tertiary/aromatic N) is 2. The Balaban J connectivity index is 0.000000152. The monoisotopic (exact) mass is 850 g/mol. The van der Waals surface area contributed by atoms with Crippen molar-refractivity contribution in [2.45, 2.75) is 60.9 Å². The Hall–Kier alpha value is -7.36. The Kier molecular flexibility index (Phi) is 15.3. The molecule has 1 atom stereocenters. The largest absolute Gasteiger partial charge is 0.497 e. The fraction of sp³-hybridized carbons (Fsp3) is 0.161. The van der Waals surface area contributed by atoms with Crippen LogP contribution in [0.15, 0.2) is 218 Å². The molecule has 326 valence electrons. The van der Waals surface area contributed by atoms with Crippen LogP contribution < -0.4 is 9.64 Å². The molecule has 0 saturated carbocycles. The summed E-state index contributed by atoms with van der Waals surface area (Å²) >= 11 is 0. The summed E-state index contributed by atoms with van der Waals surface area (Å²) in [6.07, 6.45) is 7.84. The number of anilines is 2. The first-order chi connectivity index (χ1) is 31.6. The molecule has 1 unspecified atom stereocenters. The van der Waals surface area contributed by atoms with Crippen molar-refractivity contribution in [3.63, 3.8) is 0 Å². The van der Waals surface area contributed by atoms with Gasteiger partial charge in [-0.05, 0) is 144 Å². The quantitative estimate of drug-likeness (QED) is 0.166. The standard InChI is InChI=1S/C28H29NO.C19H15N.C8H10.C7H8/c1-20-9-12-23(13-10-20)29(24-15-17-26(30-4)18-16-24)25-14-11-22(3)28(19-25)27-8-6-5-7-21(27)2;1-14-11-12-19-17(13-14)16-9-5-6-10-18(16)20(19)15-7-3-2-4-8-15;1-7-3-5-8(2)6-4-7;1-7-5-3-2-4-6-7/h5-12,14-19,23H,13H2,1-4H3;2-13H,1H3;3-6H,1-2H3;2-6H,1H3. The van der Waals surface area contributed by atoms with Crippen molar-refractivity contribution in [2.24, 2.45) is 0 Å². The van der Waals surface area contributed by atoms with Crippen LogP contribution in [-0.4, -0.2) is 17.7 Å². The highest BCUT2D eigenvalue weighted by Gasteiger charge is 2.21. The van der Waals surface area contributed by atoms with E-state index in [4.69, 9.17) is 4.74 Å². The SMILES string of the molecule is COc1ccc(N(c2ccc(C)c(-c3ccccc3C)c2)C2C=CC(C)=CC2)cc1.Cc1ccc(C)cc1.Cc1ccc2c(c1)c1ccccc1n2-c1ccccc1.Cc1ccccc1. The number of rotatable bonds is 6. The molecule has 0 aliphatic heterocycles. The van der Waals surface area contributed by atoms with Crippen molar-refractivity contribution >= 4 is 33.2 Å². The second-order valence-electron chi connectivity index (χ2n) is 17.0. The molecule has 1 aliphatic rings. The minimum atomic E-state index is 0.273. The number of aromatic nitrogens is 1. The number of allylic oxidation sites excluding steroid dienone is 2. The van der Waals surface area contributed by atoms with Gasteiger partial charge in [-0.25, -0.2) is 0 Å². The molecule has 0 bridgehead atoms. The summed E-state index contributed by atoms with van der Waals surface area (Å²) in [6.45, 7) is 15.0. The van der Waals surface area contributed by atoms with Gasteiger partial charge in [-0.2, -0.15) is 0 Å². The molecule has 0 N–H and O–H groups in total. The molecule has 1 aliphatic carbocycles. The van der Waals surface area contributed by atoms with E-state index in [0.29, 0.717) is 0 Å². The maximum absolute atomic E-state index is 5.38. The van der Waals surface area contributed by atoms with Crippen LogP contribution in [-0.2, 0) is 0 Å². The van der Waals surface area contributed by atoms with Crippen molar-refractivity contribution < 1.29 is 4.74 Å². The molecule has 10 rings (SSSR count). The molecular formula is C62H62N2O. The Bertz CT molecular complexity index is 2970.